The van der Waals surface area contributed by atoms with Crippen molar-refractivity contribution in [1.29, 1.82) is 0 Å². The van der Waals surface area contributed by atoms with Crippen molar-refractivity contribution >= 4 is 11.9 Å². The van der Waals surface area contributed by atoms with Crippen LogP contribution in [0.1, 0.15) is 35.4 Å². The van der Waals surface area contributed by atoms with Gasteiger partial charge in [0.15, 0.2) is 5.69 Å². The van der Waals surface area contributed by atoms with E-state index in [1.54, 1.807) is 41.2 Å². The van der Waals surface area contributed by atoms with Gasteiger partial charge in [0.2, 0.25) is 0 Å². The number of fused-ring (bicyclic) bond motifs is 2. The van der Waals surface area contributed by atoms with E-state index in [2.05, 4.69) is 15.2 Å². The highest BCUT2D eigenvalue weighted by molar-refractivity contribution is 5.93. The molecule has 0 aliphatic carbocycles. The van der Waals surface area contributed by atoms with Crippen LogP contribution in [0.25, 0.3) is 11.3 Å². The highest BCUT2D eigenvalue weighted by atomic mass is 19.4. The fourth-order valence-electron chi connectivity index (χ4n) is 4.53. The Morgan fingerprint density at radius 3 is 2.16 bits per heavy atom. The fraction of sp³-hybridized carbons (Fsp3) is 0.333. The second-order valence-corrected chi connectivity index (χ2v) is 8.70. The summed E-state index contributed by atoms with van der Waals surface area (Å²) in [7, 11) is 0. The Bertz CT molecular complexity index is 1350. The Balaban J connectivity index is 0.000000405. The number of piperidine rings is 1. The lowest BCUT2D eigenvalue weighted by atomic mass is 9.76. The number of hydrogen-bond donors (Lipinski definition) is 1. The largest absolute Gasteiger partial charge is 0.490 e. The summed E-state index contributed by atoms with van der Waals surface area (Å²) >= 11 is 0. The first-order valence-corrected chi connectivity index (χ1v) is 11.3. The third kappa shape index (κ3) is 5.34. The van der Waals surface area contributed by atoms with Crippen LogP contribution in [0.4, 0.5) is 17.6 Å². The van der Waals surface area contributed by atoms with Gasteiger partial charge in [0, 0.05) is 43.0 Å². The summed E-state index contributed by atoms with van der Waals surface area (Å²) in [6.45, 7) is 1.78. The second kappa shape index (κ2) is 10.1. The van der Waals surface area contributed by atoms with Crippen molar-refractivity contribution in [2.75, 3.05) is 13.1 Å². The monoisotopic (exact) mass is 519 g/mol. The zero-order valence-electron chi connectivity index (χ0n) is 19.3. The molecule has 2 aromatic heterocycles. The number of halogens is 4. The van der Waals surface area contributed by atoms with E-state index in [1.807, 2.05) is 4.90 Å². The molecule has 1 N–H and O–H groups in total. The SMILES string of the molecule is O=C(O)C(F)(F)F.O=C(c1cccnc1)N1CCC2(CC1)CCn1c2nnc(-c2ccc(F)cc2)c1=O. The number of nitrogens with zero attached hydrogens (tertiary/aromatic N) is 5. The van der Waals surface area contributed by atoms with Crippen LogP contribution in [0, 0.1) is 5.82 Å². The van der Waals surface area contributed by atoms with Crippen molar-refractivity contribution in [2.45, 2.75) is 37.4 Å². The molecule has 1 spiro atoms. The Labute approximate surface area is 207 Å². The smallest absolute Gasteiger partial charge is 0.475 e. The number of carbonyl (C=O) groups is 2. The fourth-order valence-corrected chi connectivity index (χ4v) is 4.53. The molecule has 1 fully saturated rings. The molecule has 2 aliphatic heterocycles. The normalized spacial score (nSPS) is 16.1. The van der Waals surface area contributed by atoms with E-state index < -0.39 is 12.1 Å². The number of hydrogen-bond acceptors (Lipinski definition) is 6. The summed E-state index contributed by atoms with van der Waals surface area (Å²) in [4.78, 5) is 40.5. The third-order valence-electron chi connectivity index (χ3n) is 6.51. The Hall–Kier alpha value is -4.16. The zero-order valence-corrected chi connectivity index (χ0v) is 19.3. The summed E-state index contributed by atoms with van der Waals surface area (Å²) in [6.07, 6.45) is 0.429. The lowest BCUT2D eigenvalue weighted by Crippen LogP contribution is -2.45. The van der Waals surface area contributed by atoms with Gasteiger partial charge >= 0.3 is 12.1 Å². The molecule has 1 amide bonds. The minimum absolute atomic E-state index is 0.0221. The maximum Gasteiger partial charge on any atom is 0.490 e. The van der Waals surface area contributed by atoms with E-state index in [1.165, 1.54) is 12.1 Å². The number of alkyl halides is 3. The highest BCUT2D eigenvalue weighted by Gasteiger charge is 2.45. The number of aliphatic carboxylic acids is 1. The van der Waals surface area contributed by atoms with Crippen LogP contribution in [-0.4, -0.2) is 60.9 Å². The van der Waals surface area contributed by atoms with E-state index >= 15 is 0 Å². The highest BCUT2D eigenvalue weighted by Crippen LogP contribution is 2.41. The number of carbonyl (C=O) groups excluding carboxylic acids is 1. The predicted molar refractivity (Wildman–Crippen MR) is 121 cm³/mol. The van der Waals surface area contributed by atoms with Gasteiger partial charge in [0.25, 0.3) is 11.5 Å². The van der Waals surface area contributed by atoms with E-state index in [4.69, 9.17) is 9.90 Å². The number of aromatic nitrogens is 4. The van der Waals surface area contributed by atoms with Crippen molar-refractivity contribution in [3.05, 3.63) is 76.4 Å². The van der Waals surface area contributed by atoms with Gasteiger partial charge in [-0.1, -0.05) is 0 Å². The number of benzene rings is 1. The van der Waals surface area contributed by atoms with Gasteiger partial charge in [-0.25, -0.2) is 9.18 Å². The maximum absolute atomic E-state index is 13.2. The standard InChI is InChI=1S/C22H20FN5O2.C2HF3O2/c23-17-5-3-15(4-6-17)18-20(30)28-13-9-22(21(28)26-25-18)7-11-27(12-8-22)19(29)16-2-1-10-24-14-16;3-2(4,5)1(6)7/h1-6,10,14H,7-9,11-13H2;(H,6,7). The van der Waals surface area contributed by atoms with E-state index in [0.29, 0.717) is 36.6 Å². The number of carboxylic acids is 1. The van der Waals surface area contributed by atoms with Gasteiger partial charge in [-0.3, -0.25) is 19.1 Å². The molecule has 0 unspecified atom stereocenters. The molecule has 1 saturated heterocycles. The first-order chi connectivity index (χ1) is 17.5. The van der Waals surface area contributed by atoms with Gasteiger partial charge in [-0.2, -0.15) is 13.2 Å². The molecule has 0 radical (unpaired) electrons. The number of carboxylic acid groups (broad SMARTS) is 1. The average Bonchev–Trinajstić information content (AvgIpc) is 3.24. The predicted octanol–water partition coefficient (Wildman–Crippen LogP) is 3.05. The molecular formula is C24H21F4N5O4. The van der Waals surface area contributed by atoms with Gasteiger partial charge in [0.05, 0.1) is 5.56 Å². The van der Waals surface area contributed by atoms with E-state index in [9.17, 15) is 27.2 Å². The molecule has 13 heteroatoms. The summed E-state index contributed by atoms with van der Waals surface area (Å²) in [6, 6.07) is 9.23. The molecule has 194 valence electrons. The molecule has 1 aromatic carbocycles. The Morgan fingerprint density at radius 2 is 1.59 bits per heavy atom. The minimum atomic E-state index is -5.08. The van der Waals surface area contributed by atoms with Crippen LogP contribution >= 0.6 is 0 Å². The number of likely N-dealkylation sites (tertiary alicyclic amines) is 1. The first-order valence-electron chi connectivity index (χ1n) is 11.3. The van der Waals surface area contributed by atoms with Crippen molar-refractivity contribution in [3.63, 3.8) is 0 Å². The summed E-state index contributed by atoms with van der Waals surface area (Å²) < 4.78 is 46.6. The Kier molecular flexibility index (Phi) is 7.05. The van der Waals surface area contributed by atoms with Crippen LogP contribution in [0.3, 0.4) is 0 Å². The first kappa shape index (κ1) is 25.9. The topological polar surface area (TPSA) is 118 Å². The maximum atomic E-state index is 13.2. The molecule has 4 heterocycles. The van der Waals surface area contributed by atoms with Crippen LogP contribution in [0.2, 0.25) is 0 Å². The van der Waals surface area contributed by atoms with Crippen LogP contribution < -0.4 is 5.56 Å². The molecule has 5 rings (SSSR count). The zero-order chi connectivity index (χ0) is 26.8. The molecular weight excluding hydrogens is 498 g/mol. The summed E-state index contributed by atoms with van der Waals surface area (Å²) in [5, 5.41) is 15.8. The molecule has 2 aliphatic rings. The number of rotatable bonds is 2. The minimum Gasteiger partial charge on any atom is -0.475 e. The second-order valence-electron chi connectivity index (χ2n) is 8.70. The third-order valence-corrected chi connectivity index (χ3v) is 6.51. The molecule has 9 nitrogen and oxygen atoms in total. The lowest BCUT2D eigenvalue weighted by Gasteiger charge is -2.38. The lowest BCUT2D eigenvalue weighted by molar-refractivity contribution is -0.192. The Morgan fingerprint density at radius 1 is 0.973 bits per heavy atom. The van der Waals surface area contributed by atoms with Gasteiger partial charge < -0.3 is 10.0 Å². The van der Waals surface area contributed by atoms with E-state index in [-0.39, 0.29) is 28.4 Å². The van der Waals surface area contributed by atoms with E-state index in [0.717, 1.165) is 19.3 Å². The van der Waals surface area contributed by atoms with Gasteiger partial charge in [-0.05, 0) is 55.7 Å². The quantitative estimate of drug-likeness (QED) is 0.517. The summed E-state index contributed by atoms with van der Waals surface area (Å²) in [5.41, 5.74) is 0.943. The molecule has 0 saturated carbocycles. The molecule has 37 heavy (non-hydrogen) atoms. The number of amides is 1. The van der Waals surface area contributed by atoms with Crippen molar-refractivity contribution in [1.82, 2.24) is 24.6 Å². The van der Waals surface area contributed by atoms with Crippen molar-refractivity contribution in [3.8, 4) is 11.3 Å². The molecule has 0 atom stereocenters. The van der Waals surface area contributed by atoms with Crippen LogP contribution in [0.15, 0.2) is 53.6 Å². The van der Waals surface area contributed by atoms with Crippen molar-refractivity contribution in [2.24, 2.45) is 0 Å². The average molecular weight is 519 g/mol. The number of pyridine rings is 1. The van der Waals surface area contributed by atoms with Gasteiger partial charge in [-0.15, -0.1) is 10.2 Å². The van der Waals surface area contributed by atoms with Crippen LogP contribution in [0.5, 0.6) is 0 Å². The molecule has 0 bridgehead atoms. The summed E-state index contributed by atoms with van der Waals surface area (Å²) in [5.74, 6) is -2.44. The van der Waals surface area contributed by atoms with Crippen molar-refractivity contribution < 1.29 is 32.3 Å². The van der Waals surface area contributed by atoms with Gasteiger partial charge in [0.1, 0.15) is 11.6 Å². The van der Waals surface area contributed by atoms with Crippen LogP contribution in [-0.2, 0) is 16.8 Å². The molecule has 3 aromatic rings.